The van der Waals surface area contributed by atoms with Gasteiger partial charge in [-0.2, -0.15) is 4.57 Å². The number of benzene rings is 3. The second kappa shape index (κ2) is 6.51. The lowest BCUT2D eigenvalue weighted by molar-refractivity contribution is -0.633. The van der Waals surface area contributed by atoms with Crippen LogP contribution in [-0.2, 0) is 7.05 Å². The largest absolute Gasteiger partial charge is 0.214 e. The van der Waals surface area contributed by atoms with E-state index in [2.05, 4.69) is 105 Å². The maximum Gasteiger partial charge on any atom is 0.214 e. The molecule has 0 aliphatic carbocycles. The number of hydrogen-bond acceptors (Lipinski definition) is 1. The van der Waals surface area contributed by atoms with E-state index in [0.29, 0.717) is 0 Å². The summed E-state index contributed by atoms with van der Waals surface area (Å²) in [7, 11) is 0.708. The van der Waals surface area contributed by atoms with Crippen LogP contribution in [0.3, 0.4) is 0 Å². The zero-order valence-corrected chi connectivity index (χ0v) is 19.5. The number of pyridine rings is 1. The number of nitrogens with zero attached hydrogens (tertiary/aromatic N) is 1. The Kier molecular flexibility index (Phi) is 4.16. The third-order valence-electron chi connectivity index (χ3n) is 6.02. The lowest BCUT2D eigenvalue weighted by atomic mass is 10.00. The molecule has 3 heteroatoms. The van der Waals surface area contributed by atoms with Crippen LogP contribution in [-0.4, -0.2) is 8.07 Å². The van der Waals surface area contributed by atoms with Crippen LogP contribution in [0.5, 0.6) is 0 Å². The van der Waals surface area contributed by atoms with Gasteiger partial charge in [-0.05, 0) is 29.8 Å². The molecule has 0 saturated carbocycles. The first-order chi connectivity index (χ1) is 13.9. The van der Waals surface area contributed by atoms with E-state index in [1.54, 1.807) is 5.19 Å². The number of aromatic nitrogens is 1. The molecule has 5 rings (SSSR count). The molecule has 0 radical (unpaired) electrons. The highest BCUT2D eigenvalue weighted by atomic mass is 32.1. The number of rotatable bonds is 2. The molecule has 2 aromatic heterocycles. The Labute approximate surface area is 177 Å². The van der Waals surface area contributed by atoms with Crippen molar-refractivity contribution in [1.29, 1.82) is 0 Å². The molecule has 5 aromatic rings. The van der Waals surface area contributed by atoms with Crippen molar-refractivity contribution in [3.63, 3.8) is 0 Å². The Balaban J connectivity index is 1.95. The van der Waals surface area contributed by atoms with Crippen molar-refractivity contribution in [3.8, 4) is 11.3 Å². The zero-order chi connectivity index (χ0) is 20.3. The molecule has 0 unspecified atom stereocenters. The van der Waals surface area contributed by atoms with Crippen LogP contribution in [0, 0.1) is 6.92 Å². The van der Waals surface area contributed by atoms with E-state index in [1.165, 1.54) is 47.9 Å². The molecule has 1 nitrogen and oxygen atoms in total. The van der Waals surface area contributed by atoms with Crippen LogP contribution in [0.4, 0.5) is 0 Å². The van der Waals surface area contributed by atoms with Crippen molar-refractivity contribution in [2.75, 3.05) is 0 Å². The van der Waals surface area contributed by atoms with Gasteiger partial charge in [0.15, 0.2) is 0 Å². The molecular formula is C26H26NSSi+. The molecule has 3 aromatic carbocycles. The number of thiophene rings is 1. The van der Waals surface area contributed by atoms with Gasteiger partial charge < -0.3 is 0 Å². The SMILES string of the molecule is Cc1ccc2c(sc3ccccc32)c1-c1cc([Si](C)(C)C)c2ccccc2[n+]1C. The number of fused-ring (bicyclic) bond motifs is 4. The number of para-hydroxylation sites is 1. The van der Waals surface area contributed by atoms with Crippen molar-refractivity contribution in [2.45, 2.75) is 26.6 Å². The van der Waals surface area contributed by atoms with Crippen LogP contribution in [0.15, 0.2) is 66.7 Å². The summed E-state index contributed by atoms with van der Waals surface area (Å²) in [5.41, 5.74) is 5.38. The van der Waals surface area contributed by atoms with Crippen molar-refractivity contribution in [1.82, 2.24) is 0 Å². The second-order valence-corrected chi connectivity index (χ2v) is 15.1. The van der Waals surface area contributed by atoms with E-state index in [0.717, 1.165) is 0 Å². The fraction of sp³-hybridized carbons (Fsp3) is 0.192. The first-order valence-electron chi connectivity index (χ1n) is 10.2. The maximum atomic E-state index is 2.49. The highest BCUT2D eigenvalue weighted by Gasteiger charge is 2.27. The normalized spacial score (nSPS) is 12.3. The monoisotopic (exact) mass is 412 g/mol. The molecule has 0 amide bonds. The molecule has 0 aliphatic rings. The van der Waals surface area contributed by atoms with Gasteiger partial charge in [0.05, 0.1) is 13.6 Å². The van der Waals surface area contributed by atoms with E-state index in [4.69, 9.17) is 0 Å². The standard InChI is InChI=1S/C26H26NSSi/c1-17-14-15-19-18-10-7-9-13-23(18)28-26(19)25(17)22-16-24(29(3,4)5)20-11-6-8-12-21(20)27(22)2/h6-16H,1-5H3/q+1. The zero-order valence-electron chi connectivity index (χ0n) is 17.7. The van der Waals surface area contributed by atoms with Crippen LogP contribution in [0.2, 0.25) is 19.6 Å². The molecule has 2 heterocycles. The van der Waals surface area contributed by atoms with Gasteiger partial charge in [-0.25, -0.2) is 0 Å². The fourth-order valence-corrected chi connectivity index (χ4v) is 7.40. The summed E-state index contributed by atoms with van der Waals surface area (Å²) in [4.78, 5) is 0. The molecule has 29 heavy (non-hydrogen) atoms. The smallest absolute Gasteiger partial charge is 0.194 e. The minimum absolute atomic E-state index is 1.32. The topological polar surface area (TPSA) is 3.88 Å². The average molecular weight is 413 g/mol. The van der Waals surface area contributed by atoms with Crippen molar-refractivity contribution < 1.29 is 4.57 Å². The first-order valence-corrected chi connectivity index (χ1v) is 14.5. The molecule has 144 valence electrons. The van der Waals surface area contributed by atoms with Gasteiger partial charge in [-0.1, -0.05) is 62.1 Å². The van der Waals surface area contributed by atoms with Crippen LogP contribution in [0.25, 0.3) is 42.3 Å². The summed E-state index contributed by atoms with van der Waals surface area (Å²) in [6.07, 6.45) is 0. The minimum atomic E-state index is -1.51. The third-order valence-corrected chi connectivity index (χ3v) is 9.25. The Morgan fingerprint density at radius 1 is 0.793 bits per heavy atom. The van der Waals surface area contributed by atoms with Crippen LogP contribution >= 0.6 is 11.3 Å². The minimum Gasteiger partial charge on any atom is -0.194 e. The van der Waals surface area contributed by atoms with Gasteiger partial charge >= 0.3 is 0 Å². The van der Waals surface area contributed by atoms with Crippen molar-refractivity contribution >= 4 is 55.7 Å². The van der Waals surface area contributed by atoms with Gasteiger partial charge in [0.1, 0.15) is 7.05 Å². The molecule has 0 spiro atoms. The van der Waals surface area contributed by atoms with Gasteiger partial charge in [0.2, 0.25) is 11.2 Å². The summed E-state index contributed by atoms with van der Waals surface area (Å²) in [5.74, 6) is 0. The van der Waals surface area contributed by atoms with Crippen molar-refractivity contribution in [2.24, 2.45) is 7.05 Å². The average Bonchev–Trinajstić information content (AvgIpc) is 3.07. The summed E-state index contributed by atoms with van der Waals surface area (Å²) >= 11 is 1.92. The molecular weight excluding hydrogens is 386 g/mol. The lowest BCUT2D eigenvalue weighted by Crippen LogP contribution is -2.43. The Morgan fingerprint density at radius 2 is 1.48 bits per heavy atom. The molecule has 0 fully saturated rings. The second-order valence-electron chi connectivity index (χ2n) is 9.00. The molecule has 0 N–H and O–H groups in total. The summed E-state index contributed by atoms with van der Waals surface area (Å²) in [6.45, 7) is 9.60. The predicted molar refractivity (Wildman–Crippen MR) is 131 cm³/mol. The van der Waals surface area contributed by atoms with Gasteiger partial charge in [-0.3, -0.25) is 0 Å². The van der Waals surface area contributed by atoms with E-state index in [-0.39, 0.29) is 0 Å². The van der Waals surface area contributed by atoms with Gasteiger partial charge in [0.25, 0.3) is 0 Å². The number of hydrogen-bond donors (Lipinski definition) is 0. The molecule has 0 atom stereocenters. The van der Waals surface area contributed by atoms with Gasteiger partial charge in [0, 0.05) is 37.7 Å². The summed E-state index contributed by atoms with van der Waals surface area (Å²) in [5, 5.41) is 5.68. The van der Waals surface area contributed by atoms with E-state index < -0.39 is 8.07 Å². The quantitative estimate of drug-likeness (QED) is 0.228. The van der Waals surface area contributed by atoms with Crippen molar-refractivity contribution in [3.05, 3.63) is 72.3 Å². The van der Waals surface area contributed by atoms with E-state index in [1.807, 2.05) is 11.3 Å². The Morgan fingerprint density at radius 3 is 2.24 bits per heavy atom. The fourth-order valence-electron chi connectivity index (χ4n) is 4.50. The highest BCUT2D eigenvalue weighted by Crippen LogP contribution is 2.40. The predicted octanol–water partition coefficient (Wildman–Crippen LogP) is 6.55. The van der Waals surface area contributed by atoms with Crippen LogP contribution < -0.4 is 9.75 Å². The Hall–Kier alpha value is -2.49. The van der Waals surface area contributed by atoms with E-state index >= 15 is 0 Å². The molecule has 0 saturated heterocycles. The molecule has 0 aliphatic heterocycles. The first kappa shape index (κ1) is 18.5. The molecule has 0 bridgehead atoms. The lowest BCUT2D eigenvalue weighted by Gasteiger charge is -2.20. The maximum absolute atomic E-state index is 2.49. The van der Waals surface area contributed by atoms with Crippen LogP contribution in [0.1, 0.15) is 5.56 Å². The highest BCUT2D eigenvalue weighted by molar-refractivity contribution is 7.26. The summed E-state index contributed by atoms with van der Waals surface area (Å²) in [6, 6.07) is 24.7. The Bertz CT molecular complexity index is 1410. The van der Waals surface area contributed by atoms with Gasteiger partial charge in [-0.15, -0.1) is 11.3 Å². The number of aryl methyl sites for hydroxylation is 2. The summed E-state index contributed by atoms with van der Waals surface area (Å²) < 4.78 is 5.16. The third kappa shape index (κ3) is 2.84. The van der Waals surface area contributed by atoms with E-state index in [9.17, 15) is 0 Å².